The van der Waals surface area contributed by atoms with Gasteiger partial charge in [0.2, 0.25) is 5.95 Å². The van der Waals surface area contributed by atoms with Gasteiger partial charge in [0.05, 0.1) is 16.9 Å². The van der Waals surface area contributed by atoms with Gasteiger partial charge in [-0.3, -0.25) is 0 Å². The van der Waals surface area contributed by atoms with Crippen molar-refractivity contribution in [3.63, 3.8) is 0 Å². The summed E-state index contributed by atoms with van der Waals surface area (Å²) in [5.74, 6) is 1.57. The Morgan fingerprint density at radius 1 is 1.29 bits per heavy atom. The van der Waals surface area contributed by atoms with E-state index in [0.717, 1.165) is 28.3 Å². The van der Waals surface area contributed by atoms with Crippen LogP contribution in [0.4, 0.5) is 17.5 Å². The van der Waals surface area contributed by atoms with Gasteiger partial charge in [-0.25, -0.2) is 14.6 Å². The Labute approximate surface area is 231 Å². The van der Waals surface area contributed by atoms with Crippen LogP contribution in [0.15, 0.2) is 30.5 Å². The number of fused-ring (bicyclic) bond motifs is 1. The monoisotopic (exact) mass is 551 g/mol. The Hall–Kier alpha value is -2.93. The quantitative estimate of drug-likeness (QED) is 0.291. The highest BCUT2D eigenvalue weighted by Crippen LogP contribution is 2.44. The number of aromatic nitrogens is 4. The first-order chi connectivity index (χ1) is 17.7. The van der Waals surface area contributed by atoms with Crippen LogP contribution in [0.1, 0.15) is 52.7 Å². The maximum Gasteiger partial charge on any atom is 0.228 e. The van der Waals surface area contributed by atoms with Gasteiger partial charge in [0.25, 0.3) is 0 Å². The first-order valence-electron chi connectivity index (χ1n) is 13.0. The molecule has 0 saturated heterocycles. The summed E-state index contributed by atoms with van der Waals surface area (Å²) in [5.41, 5.74) is 3.89. The van der Waals surface area contributed by atoms with Crippen molar-refractivity contribution in [3.05, 3.63) is 46.7 Å². The summed E-state index contributed by atoms with van der Waals surface area (Å²) in [7, 11) is -1.94. The molecule has 0 aliphatic carbocycles. The minimum atomic E-state index is -1.94. The maximum absolute atomic E-state index is 9.98. The van der Waals surface area contributed by atoms with Crippen LogP contribution in [0.2, 0.25) is 23.3 Å². The Morgan fingerprint density at radius 3 is 2.68 bits per heavy atom. The van der Waals surface area contributed by atoms with Crippen molar-refractivity contribution in [1.82, 2.24) is 19.7 Å². The zero-order chi connectivity index (χ0) is 27.9. The lowest BCUT2D eigenvalue weighted by molar-refractivity contribution is 0.220. The number of nitrogens with zero attached hydrogens (tertiary/aromatic N) is 5. The molecule has 4 rings (SSSR count). The highest BCUT2D eigenvalue weighted by molar-refractivity contribution is 6.74. The van der Waals surface area contributed by atoms with Crippen molar-refractivity contribution in [3.8, 4) is 17.3 Å². The normalized spacial score (nSPS) is 17.3. The van der Waals surface area contributed by atoms with Crippen LogP contribution in [0.5, 0.6) is 0 Å². The molecule has 0 bridgehead atoms. The molecule has 2 N–H and O–H groups in total. The van der Waals surface area contributed by atoms with Crippen LogP contribution in [0.3, 0.4) is 0 Å². The van der Waals surface area contributed by atoms with Crippen LogP contribution >= 0.6 is 11.6 Å². The van der Waals surface area contributed by atoms with E-state index in [0.29, 0.717) is 42.3 Å². The summed E-state index contributed by atoms with van der Waals surface area (Å²) >= 11 is 6.18. The molecule has 0 spiro atoms. The molecule has 3 heterocycles. The Morgan fingerprint density at radius 2 is 2.03 bits per heavy atom. The van der Waals surface area contributed by atoms with Crippen molar-refractivity contribution in [2.45, 2.75) is 71.6 Å². The Balaban J connectivity index is 1.66. The molecule has 0 fully saturated rings. The minimum Gasteiger partial charge on any atom is -0.416 e. The van der Waals surface area contributed by atoms with Gasteiger partial charge in [0.15, 0.2) is 13.5 Å². The molecule has 1 aliphatic rings. The summed E-state index contributed by atoms with van der Waals surface area (Å²) in [5, 5.41) is 21.6. The second-order valence-electron chi connectivity index (χ2n) is 12.3. The average molecular weight is 552 g/mol. The average Bonchev–Trinajstić information content (AvgIpc) is 3.35. The van der Waals surface area contributed by atoms with Gasteiger partial charge in [-0.05, 0) is 47.8 Å². The second kappa shape index (κ2) is 10.3. The molecule has 0 radical (unpaired) electrons. The van der Waals surface area contributed by atoms with E-state index in [1.54, 1.807) is 12.3 Å². The molecule has 10 heteroatoms. The zero-order valence-electron chi connectivity index (χ0n) is 23.6. The summed E-state index contributed by atoms with van der Waals surface area (Å²) in [6.07, 6.45) is 1.71. The fourth-order valence-electron chi connectivity index (χ4n) is 4.27. The van der Waals surface area contributed by atoms with Gasteiger partial charge in [0, 0.05) is 42.9 Å². The fourth-order valence-corrected chi connectivity index (χ4v) is 5.58. The third kappa shape index (κ3) is 5.72. The molecular weight excluding hydrogens is 514 g/mol. The summed E-state index contributed by atoms with van der Waals surface area (Å²) < 4.78 is 8.47. The SMILES string of the molecule is CC(C)Cn1nc(Cl)cc1Nc1nccc(-c2cc(C#N)c3c(c2)[C@@](C)(CO[Si](C)(C)C(C)(C)C)CN3)n1. The third-order valence-corrected chi connectivity index (χ3v) is 12.3. The Kier molecular flexibility index (Phi) is 7.63. The van der Waals surface area contributed by atoms with Crippen LogP contribution < -0.4 is 10.6 Å². The van der Waals surface area contributed by atoms with Gasteiger partial charge in [0.1, 0.15) is 11.9 Å². The second-order valence-corrected chi connectivity index (χ2v) is 17.5. The van der Waals surface area contributed by atoms with Gasteiger partial charge < -0.3 is 15.1 Å². The molecule has 0 saturated carbocycles. The summed E-state index contributed by atoms with van der Waals surface area (Å²) in [4.78, 5) is 9.19. The van der Waals surface area contributed by atoms with Crippen LogP contribution in [0.25, 0.3) is 11.3 Å². The van der Waals surface area contributed by atoms with Gasteiger partial charge in [-0.1, -0.05) is 53.1 Å². The van der Waals surface area contributed by atoms with E-state index in [1.807, 2.05) is 16.8 Å². The highest BCUT2D eigenvalue weighted by atomic mass is 35.5. The van der Waals surface area contributed by atoms with Crippen LogP contribution in [-0.4, -0.2) is 41.2 Å². The molecule has 3 aromatic rings. The zero-order valence-corrected chi connectivity index (χ0v) is 25.4. The molecule has 0 unspecified atom stereocenters. The first kappa shape index (κ1) is 28.1. The lowest BCUT2D eigenvalue weighted by Crippen LogP contribution is -2.45. The highest BCUT2D eigenvalue weighted by Gasteiger charge is 2.42. The maximum atomic E-state index is 9.98. The van der Waals surface area contributed by atoms with Gasteiger partial charge >= 0.3 is 0 Å². The number of benzene rings is 1. The number of nitriles is 1. The van der Waals surface area contributed by atoms with Gasteiger partial charge in [-0.15, -0.1) is 0 Å². The predicted molar refractivity (Wildman–Crippen MR) is 157 cm³/mol. The molecule has 1 aliphatic heterocycles. The van der Waals surface area contributed by atoms with Crippen molar-refractivity contribution >= 4 is 37.4 Å². The van der Waals surface area contributed by atoms with Crippen molar-refractivity contribution < 1.29 is 4.43 Å². The smallest absolute Gasteiger partial charge is 0.228 e. The summed E-state index contributed by atoms with van der Waals surface area (Å²) in [6.45, 7) is 19.8. The topological polar surface area (TPSA) is 101 Å². The molecular formula is C28H38ClN7OSi. The van der Waals surface area contributed by atoms with Crippen molar-refractivity contribution in [2.75, 3.05) is 23.8 Å². The van der Waals surface area contributed by atoms with E-state index in [9.17, 15) is 5.26 Å². The minimum absolute atomic E-state index is 0.122. The van der Waals surface area contributed by atoms with Crippen molar-refractivity contribution in [1.29, 1.82) is 5.26 Å². The van der Waals surface area contributed by atoms with E-state index in [2.05, 4.69) is 87.5 Å². The summed E-state index contributed by atoms with van der Waals surface area (Å²) in [6, 6.07) is 10.0. The molecule has 8 nitrogen and oxygen atoms in total. The third-order valence-electron chi connectivity index (χ3n) is 7.60. The fraction of sp³-hybridized carbons (Fsp3) is 0.500. The molecule has 2 aromatic heterocycles. The number of hydrogen-bond donors (Lipinski definition) is 2. The standard InChI is InChI=1S/C28H38ClN7OSi/c1-18(2)15-36-24(13-23(29)35-36)34-26-31-10-9-22(33-26)19-11-20(14-30)25-21(12-19)28(6,16-32-25)17-37-38(7,8)27(3,4)5/h9-13,18,32H,15-17H2,1-8H3,(H,31,33,34)/t28-/m1/s1. The number of hydrogen-bond acceptors (Lipinski definition) is 7. The number of anilines is 3. The van der Waals surface area contributed by atoms with E-state index in [1.165, 1.54) is 0 Å². The lowest BCUT2D eigenvalue weighted by Gasteiger charge is -2.39. The Bertz CT molecular complexity index is 1370. The number of nitrogens with one attached hydrogen (secondary N) is 2. The van der Waals surface area contributed by atoms with Crippen LogP contribution in [-0.2, 0) is 16.4 Å². The number of halogens is 1. The first-order valence-corrected chi connectivity index (χ1v) is 16.3. The number of rotatable bonds is 8. The lowest BCUT2D eigenvalue weighted by atomic mass is 9.83. The largest absolute Gasteiger partial charge is 0.416 e. The van der Waals surface area contributed by atoms with Crippen LogP contribution in [0, 0.1) is 17.2 Å². The van der Waals surface area contributed by atoms with E-state index >= 15 is 0 Å². The van der Waals surface area contributed by atoms with Crippen molar-refractivity contribution in [2.24, 2.45) is 5.92 Å². The van der Waals surface area contributed by atoms with E-state index in [-0.39, 0.29) is 10.5 Å². The van der Waals surface area contributed by atoms with E-state index < -0.39 is 8.32 Å². The molecule has 1 atom stereocenters. The molecule has 1 aromatic carbocycles. The molecule has 0 amide bonds. The molecule has 38 heavy (non-hydrogen) atoms. The predicted octanol–water partition coefficient (Wildman–Crippen LogP) is 6.97. The van der Waals surface area contributed by atoms with Gasteiger partial charge in [-0.2, -0.15) is 10.4 Å². The molecule has 202 valence electrons. The van der Waals surface area contributed by atoms with E-state index in [4.69, 9.17) is 21.0 Å².